The number of carbonyl (C=O) groups is 2. The monoisotopic (exact) mass is 270 g/mol. The number of rotatable bonds is 6. The largest absolute Gasteiger partial charge is 0.480 e. The Morgan fingerprint density at radius 3 is 2.94 bits per heavy atom. The minimum Gasteiger partial charge on any atom is -0.480 e. The van der Waals surface area contributed by atoms with Crippen molar-refractivity contribution in [2.24, 2.45) is 5.92 Å². The fraction of sp³-hybridized carbons (Fsp3) is 0.545. The number of methoxy groups -OCH3 is 1. The molecule has 0 aliphatic heterocycles. The molecule has 1 aliphatic rings. The Morgan fingerprint density at radius 1 is 1.67 bits per heavy atom. The van der Waals surface area contributed by atoms with E-state index in [9.17, 15) is 9.59 Å². The molecule has 1 unspecified atom stereocenters. The number of nitrogens with zero attached hydrogens (tertiary/aromatic N) is 1. The van der Waals surface area contributed by atoms with E-state index in [-0.39, 0.29) is 11.6 Å². The summed E-state index contributed by atoms with van der Waals surface area (Å²) < 4.78 is 4.91. The van der Waals surface area contributed by atoms with Gasteiger partial charge in [0.1, 0.15) is 16.7 Å². The maximum atomic E-state index is 11.8. The number of aromatic nitrogens is 1. The summed E-state index contributed by atoms with van der Waals surface area (Å²) in [6.07, 6.45) is 1.70. The number of nitrogens with one attached hydrogen (secondary N) is 1. The van der Waals surface area contributed by atoms with E-state index in [0.717, 1.165) is 12.8 Å². The normalized spacial score (nSPS) is 16.3. The van der Waals surface area contributed by atoms with E-state index >= 15 is 0 Å². The molecule has 0 radical (unpaired) electrons. The second kappa shape index (κ2) is 5.45. The molecule has 18 heavy (non-hydrogen) atoms. The van der Waals surface area contributed by atoms with Crippen LogP contribution in [-0.2, 0) is 16.1 Å². The molecule has 1 saturated carbocycles. The molecule has 0 saturated heterocycles. The molecule has 1 aromatic heterocycles. The Bertz CT molecular complexity index is 456. The van der Waals surface area contributed by atoms with Crippen LogP contribution in [0.4, 0.5) is 0 Å². The van der Waals surface area contributed by atoms with E-state index in [1.807, 2.05) is 0 Å². The van der Waals surface area contributed by atoms with Crippen molar-refractivity contribution in [1.29, 1.82) is 0 Å². The molecule has 0 bridgehead atoms. The fourth-order valence-electron chi connectivity index (χ4n) is 1.63. The highest BCUT2D eigenvalue weighted by Crippen LogP contribution is 2.32. The Morgan fingerprint density at radius 2 is 2.39 bits per heavy atom. The highest BCUT2D eigenvalue weighted by atomic mass is 32.1. The maximum absolute atomic E-state index is 11.8. The summed E-state index contributed by atoms with van der Waals surface area (Å²) in [6, 6.07) is -0.801. The van der Waals surface area contributed by atoms with Crippen LogP contribution in [0.25, 0.3) is 0 Å². The highest BCUT2D eigenvalue weighted by Gasteiger charge is 2.37. The molecule has 1 fully saturated rings. The molecule has 1 heterocycles. The van der Waals surface area contributed by atoms with Gasteiger partial charge < -0.3 is 15.2 Å². The van der Waals surface area contributed by atoms with E-state index in [1.54, 1.807) is 12.5 Å². The molecule has 0 spiro atoms. The Labute approximate surface area is 108 Å². The minimum absolute atomic E-state index is 0.0588. The quantitative estimate of drug-likeness (QED) is 0.801. The molecule has 7 heteroatoms. The lowest BCUT2D eigenvalue weighted by atomic mass is 10.2. The molecule has 0 aromatic carbocycles. The third-order valence-corrected chi connectivity index (χ3v) is 3.52. The second-order valence-corrected chi connectivity index (χ2v) is 5.13. The van der Waals surface area contributed by atoms with Gasteiger partial charge in [-0.1, -0.05) is 0 Å². The van der Waals surface area contributed by atoms with Gasteiger partial charge in [-0.25, -0.2) is 9.78 Å². The molecule has 1 aromatic rings. The number of aliphatic carboxylic acids is 1. The van der Waals surface area contributed by atoms with Crippen LogP contribution in [0.5, 0.6) is 0 Å². The molecule has 1 amide bonds. The zero-order valence-corrected chi connectivity index (χ0v) is 10.7. The van der Waals surface area contributed by atoms with Crippen molar-refractivity contribution in [1.82, 2.24) is 10.3 Å². The van der Waals surface area contributed by atoms with Crippen molar-refractivity contribution in [3.05, 3.63) is 16.1 Å². The molecule has 2 rings (SSSR count). The molecule has 98 valence electrons. The molecule has 2 N–H and O–H groups in total. The van der Waals surface area contributed by atoms with Crippen molar-refractivity contribution in [3.63, 3.8) is 0 Å². The van der Waals surface area contributed by atoms with Crippen molar-refractivity contribution < 1.29 is 19.4 Å². The van der Waals surface area contributed by atoms with Gasteiger partial charge in [-0.15, -0.1) is 11.3 Å². The summed E-state index contributed by atoms with van der Waals surface area (Å²) in [6.45, 7) is 0.350. The Hall–Kier alpha value is -1.47. The third kappa shape index (κ3) is 3.05. The molecular formula is C11H14N2O4S. The highest BCUT2D eigenvalue weighted by molar-refractivity contribution is 7.09. The first kappa shape index (κ1) is 13.0. The molecule has 6 nitrogen and oxygen atoms in total. The van der Waals surface area contributed by atoms with Gasteiger partial charge >= 0.3 is 5.97 Å². The number of hydrogen-bond acceptors (Lipinski definition) is 5. The molecule has 1 aliphatic carbocycles. The van der Waals surface area contributed by atoms with Crippen molar-refractivity contribution in [2.75, 3.05) is 7.11 Å². The maximum Gasteiger partial charge on any atom is 0.326 e. The lowest BCUT2D eigenvalue weighted by Crippen LogP contribution is -2.42. The number of carboxylic acids is 1. The number of carbonyl (C=O) groups excluding carboxylic acids is 1. The summed E-state index contributed by atoms with van der Waals surface area (Å²) in [4.78, 5) is 26.9. The summed E-state index contributed by atoms with van der Waals surface area (Å²) >= 11 is 1.32. The summed E-state index contributed by atoms with van der Waals surface area (Å²) in [7, 11) is 1.55. The minimum atomic E-state index is -0.988. The van der Waals surface area contributed by atoms with Crippen LogP contribution in [0.1, 0.15) is 28.3 Å². The van der Waals surface area contributed by atoms with E-state index in [0.29, 0.717) is 11.6 Å². The van der Waals surface area contributed by atoms with Gasteiger partial charge in [0.05, 0.1) is 6.61 Å². The van der Waals surface area contributed by atoms with Crippen LogP contribution >= 0.6 is 11.3 Å². The van der Waals surface area contributed by atoms with Gasteiger partial charge in [0.2, 0.25) is 0 Å². The zero-order chi connectivity index (χ0) is 13.1. The third-order valence-electron chi connectivity index (χ3n) is 2.70. The van der Waals surface area contributed by atoms with E-state index < -0.39 is 17.9 Å². The van der Waals surface area contributed by atoms with Crippen LogP contribution < -0.4 is 5.32 Å². The van der Waals surface area contributed by atoms with Gasteiger partial charge in [-0.2, -0.15) is 0 Å². The average molecular weight is 270 g/mol. The van der Waals surface area contributed by atoms with Crippen LogP contribution in [0.15, 0.2) is 5.38 Å². The number of carboxylic acid groups (broad SMARTS) is 1. The smallest absolute Gasteiger partial charge is 0.326 e. The summed E-state index contributed by atoms with van der Waals surface area (Å²) in [5, 5.41) is 13.8. The molecule has 1 atom stereocenters. The topological polar surface area (TPSA) is 88.5 Å². The van der Waals surface area contributed by atoms with Gasteiger partial charge in [0, 0.05) is 12.5 Å². The first-order valence-electron chi connectivity index (χ1n) is 5.59. The van der Waals surface area contributed by atoms with E-state index in [1.165, 1.54) is 11.3 Å². The average Bonchev–Trinajstić information content (AvgIpc) is 3.05. The zero-order valence-electron chi connectivity index (χ0n) is 9.88. The van der Waals surface area contributed by atoms with Crippen LogP contribution in [-0.4, -0.2) is 35.1 Å². The standard InChI is InChI=1S/C11H14N2O4S/c1-17-4-8-12-7(5-18-8)10(14)13-9(11(15)16)6-2-3-6/h5-6,9H,2-4H2,1H3,(H,13,14)(H,15,16). The summed E-state index contributed by atoms with van der Waals surface area (Å²) in [5.41, 5.74) is 0.249. The van der Waals surface area contributed by atoms with Gasteiger partial charge in [0.15, 0.2) is 0 Å². The summed E-state index contributed by atoms with van der Waals surface area (Å²) in [5.74, 6) is -1.37. The predicted molar refractivity (Wildman–Crippen MR) is 64.4 cm³/mol. The van der Waals surface area contributed by atoms with Crippen molar-refractivity contribution in [2.45, 2.75) is 25.5 Å². The van der Waals surface area contributed by atoms with Crippen LogP contribution in [0.2, 0.25) is 0 Å². The lowest BCUT2D eigenvalue weighted by Gasteiger charge is -2.12. The first-order valence-corrected chi connectivity index (χ1v) is 6.46. The van der Waals surface area contributed by atoms with E-state index in [2.05, 4.69) is 10.3 Å². The van der Waals surface area contributed by atoms with Crippen molar-refractivity contribution in [3.8, 4) is 0 Å². The molecular weight excluding hydrogens is 256 g/mol. The lowest BCUT2D eigenvalue weighted by molar-refractivity contribution is -0.139. The van der Waals surface area contributed by atoms with Gasteiger partial charge in [-0.3, -0.25) is 4.79 Å². The van der Waals surface area contributed by atoms with E-state index in [4.69, 9.17) is 9.84 Å². The number of ether oxygens (including phenoxy) is 1. The van der Waals surface area contributed by atoms with Crippen LogP contribution in [0, 0.1) is 5.92 Å². The first-order chi connectivity index (χ1) is 8.61. The Kier molecular flexibility index (Phi) is 3.93. The van der Waals surface area contributed by atoms with Gasteiger partial charge in [0.25, 0.3) is 5.91 Å². The van der Waals surface area contributed by atoms with Crippen molar-refractivity contribution >= 4 is 23.2 Å². The fourth-order valence-corrected chi connectivity index (χ4v) is 2.38. The number of thiazole rings is 1. The second-order valence-electron chi connectivity index (χ2n) is 4.19. The number of amides is 1. The SMILES string of the molecule is COCc1nc(C(=O)NC(C(=O)O)C2CC2)cs1. The predicted octanol–water partition coefficient (Wildman–Crippen LogP) is 0.882. The Balaban J connectivity index is 1.99. The van der Waals surface area contributed by atoms with Gasteiger partial charge in [-0.05, 0) is 18.8 Å². The van der Waals surface area contributed by atoms with Crippen LogP contribution in [0.3, 0.4) is 0 Å². The number of hydrogen-bond donors (Lipinski definition) is 2.